The lowest BCUT2D eigenvalue weighted by molar-refractivity contribution is -0.117. The van der Waals surface area contributed by atoms with Crippen LogP contribution in [0.2, 0.25) is 0 Å². The maximum Gasteiger partial charge on any atom is 0.255 e. The summed E-state index contributed by atoms with van der Waals surface area (Å²) in [6.45, 7) is 6.00. The summed E-state index contributed by atoms with van der Waals surface area (Å²) < 4.78 is 0. The minimum absolute atomic E-state index is 0.0418. The lowest BCUT2D eigenvalue weighted by Crippen LogP contribution is -2.31. The second kappa shape index (κ2) is 6.71. The summed E-state index contributed by atoms with van der Waals surface area (Å²) in [7, 11) is 0. The Morgan fingerprint density at radius 3 is 2.54 bits per heavy atom. The highest BCUT2D eigenvalue weighted by atomic mass is 16.1. The highest BCUT2D eigenvalue weighted by Gasteiger charge is 2.28. The zero-order chi connectivity index (χ0) is 18.9. The monoisotopic (exact) mass is 350 g/mol. The normalized spacial score (nSPS) is 16.1. The maximum absolute atomic E-state index is 12.7. The number of ketones is 1. The lowest BCUT2D eigenvalue weighted by Gasteiger charge is -2.28. The molecule has 1 heterocycles. The average Bonchev–Trinajstić information content (AvgIpc) is 2.54. The number of hydrogen-bond acceptors (Lipinski definition) is 5. The summed E-state index contributed by atoms with van der Waals surface area (Å²) in [6, 6.07) is 5.45. The molecule has 0 unspecified atom stereocenters. The highest BCUT2D eigenvalue weighted by molar-refractivity contribution is 5.98. The van der Waals surface area contributed by atoms with Crippen LogP contribution in [-0.2, 0) is 4.79 Å². The van der Waals surface area contributed by atoms with Gasteiger partial charge in [-0.3, -0.25) is 9.59 Å². The molecule has 1 amide bonds. The van der Waals surface area contributed by atoms with Crippen LogP contribution in [0.5, 0.6) is 0 Å². The first-order valence-corrected chi connectivity index (χ1v) is 8.47. The van der Waals surface area contributed by atoms with Gasteiger partial charge in [-0.05, 0) is 42.0 Å². The van der Waals surface area contributed by atoms with Crippen molar-refractivity contribution in [3.05, 3.63) is 53.5 Å². The number of aryl methyl sites for hydroxylation is 1. The number of nitrogens with one attached hydrogen (secondary N) is 1. The first-order chi connectivity index (χ1) is 12.2. The van der Waals surface area contributed by atoms with Gasteiger partial charge < -0.3 is 11.1 Å². The van der Waals surface area contributed by atoms with Gasteiger partial charge in [0.1, 0.15) is 0 Å². The van der Waals surface area contributed by atoms with Gasteiger partial charge in [0.15, 0.2) is 5.78 Å². The fraction of sp³-hybridized carbons (Fsp3) is 0.300. The molecule has 6 heteroatoms. The Morgan fingerprint density at radius 2 is 1.88 bits per heavy atom. The smallest absolute Gasteiger partial charge is 0.255 e. The van der Waals surface area contributed by atoms with E-state index in [0.29, 0.717) is 24.1 Å². The number of carbonyl (C=O) groups excluding carboxylic acids is 2. The van der Waals surface area contributed by atoms with Crippen LogP contribution in [0.15, 0.2) is 42.4 Å². The van der Waals surface area contributed by atoms with Crippen molar-refractivity contribution in [3.8, 4) is 11.1 Å². The zero-order valence-corrected chi connectivity index (χ0v) is 15.2. The molecule has 0 aliphatic heterocycles. The molecule has 0 atom stereocenters. The van der Waals surface area contributed by atoms with Crippen molar-refractivity contribution in [3.63, 3.8) is 0 Å². The molecule has 2 aromatic rings. The van der Waals surface area contributed by atoms with E-state index in [2.05, 4.69) is 15.3 Å². The molecule has 0 spiro atoms. The Balaban J connectivity index is 1.85. The van der Waals surface area contributed by atoms with Gasteiger partial charge in [0.2, 0.25) is 5.95 Å². The van der Waals surface area contributed by atoms with Crippen LogP contribution < -0.4 is 11.1 Å². The summed E-state index contributed by atoms with van der Waals surface area (Å²) in [5.41, 5.74) is 9.23. The SMILES string of the molecule is Cc1ccc(C(=O)NC2=CC(=O)CC(C)(C)C2)cc1-c1cnc(N)nc1. The van der Waals surface area contributed by atoms with E-state index in [0.717, 1.165) is 16.7 Å². The Kier molecular flexibility index (Phi) is 4.59. The molecular weight excluding hydrogens is 328 g/mol. The summed E-state index contributed by atoms with van der Waals surface area (Å²) >= 11 is 0. The molecule has 6 nitrogen and oxygen atoms in total. The van der Waals surface area contributed by atoms with E-state index in [4.69, 9.17) is 5.73 Å². The van der Waals surface area contributed by atoms with E-state index in [1.54, 1.807) is 24.5 Å². The second-order valence-electron chi connectivity index (χ2n) is 7.47. The molecule has 0 saturated carbocycles. The molecule has 1 aromatic heterocycles. The van der Waals surface area contributed by atoms with Crippen molar-refractivity contribution in [2.75, 3.05) is 5.73 Å². The fourth-order valence-corrected chi connectivity index (χ4v) is 3.20. The van der Waals surface area contributed by atoms with Crippen LogP contribution in [0.1, 0.15) is 42.6 Å². The number of amides is 1. The number of rotatable bonds is 3. The topological polar surface area (TPSA) is 98.0 Å². The van der Waals surface area contributed by atoms with Crippen LogP contribution in [-0.4, -0.2) is 21.7 Å². The van der Waals surface area contributed by atoms with Gasteiger partial charge in [-0.25, -0.2) is 9.97 Å². The Hall–Kier alpha value is -3.02. The predicted octanol–water partition coefficient (Wildman–Crippen LogP) is 3.04. The number of aromatic nitrogens is 2. The van der Waals surface area contributed by atoms with Gasteiger partial charge in [0.25, 0.3) is 5.91 Å². The van der Waals surface area contributed by atoms with Crippen LogP contribution in [0.25, 0.3) is 11.1 Å². The first-order valence-electron chi connectivity index (χ1n) is 8.47. The summed E-state index contributed by atoms with van der Waals surface area (Å²) in [6.07, 6.45) is 5.97. The molecule has 0 saturated heterocycles. The largest absolute Gasteiger partial charge is 0.368 e. The fourth-order valence-electron chi connectivity index (χ4n) is 3.20. The van der Waals surface area contributed by atoms with E-state index in [-0.39, 0.29) is 23.1 Å². The number of carbonyl (C=O) groups is 2. The number of nitrogen functional groups attached to an aromatic ring is 1. The molecule has 0 bridgehead atoms. The molecule has 0 radical (unpaired) electrons. The lowest BCUT2D eigenvalue weighted by atomic mass is 9.79. The Labute approximate surface area is 152 Å². The van der Waals surface area contributed by atoms with Gasteiger partial charge in [0.05, 0.1) is 0 Å². The van der Waals surface area contributed by atoms with Crippen molar-refractivity contribution in [1.29, 1.82) is 0 Å². The highest BCUT2D eigenvalue weighted by Crippen LogP contribution is 2.32. The van der Waals surface area contributed by atoms with Gasteiger partial charge in [0, 0.05) is 41.7 Å². The number of allylic oxidation sites excluding steroid dienone is 2. The molecule has 26 heavy (non-hydrogen) atoms. The molecule has 3 N–H and O–H groups in total. The molecule has 1 aliphatic rings. The van der Waals surface area contributed by atoms with Gasteiger partial charge in [-0.2, -0.15) is 0 Å². The second-order valence-corrected chi connectivity index (χ2v) is 7.47. The third kappa shape index (κ3) is 3.96. The summed E-state index contributed by atoms with van der Waals surface area (Å²) in [5, 5.41) is 2.88. The van der Waals surface area contributed by atoms with Crippen LogP contribution in [0.3, 0.4) is 0 Å². The number of hydrogen-bond donors (Lipinski definition) is 2. The van der Waals surface area contributed by atoms with E-state index >= 15 is 0 Å². The predicted molar refractivity (Wildman–Crippen MR) is 100 cm³/mol. The van der Waals surface area contributed by atoms with Crippen LogP contribution >= 0.6 is 0 Å². The van der Waals surface area contributed by atoms with Gasteiger partial charge in [-0.1, -0.05) is 19.9 Å². The van der Waals surface area contributed by atoms with Gasteiger partial charge in [-0.15, -0.1) is 0 Å². The quantitative estimate of drug-likeness (QED) is 0.886. The standard InChI is InChI=1S/C20H22N4O2/c1-12-4-5-13(6-17(12)14-10-22-19(21)23-11-14)18(26)24-15-7-16(25)9-20(2,3)8-15/h4-7,10-11H,8-9H2,1-3H3,(H,24,26)(H2,21,22,23). The van der Waals surface area contributed by atoms with Gasteiger partial charge >= 0.3 is 0 Å². The van der Waals surface area contributed by atoms with E-state index in [1.165, 1.54) is 6.08 Å². The van der Waals surface area contributed by atoms with E-state index in [1.807, 2.05) is 26.8 Å². The van der Waals surface area contributed by atoms with Crippen molar-refractivity contribution < 1.29 is 9.59 Å². The third-order valence-corrected chi connectivity index (χ3v) is 4.41. The number of nitrogens with zero attached hydrogens (tertiary/aromatic N) is 2. The summed E-state index contributed by atoms with van der Waals surface area (Å²) in [5.74, 6) is 0.0105. The average molecular weight is 350 g/mol. The van der Waals surface area contributed by atoms with Crippen LogP contribution in [0, 0.1) is 12.3 Å². The van der Waals surface area contributed by atoms with E-state index in [9.17, 15) is 9.59 Å². The minimum atomic E-state index is -0.237. The van der Waals surface area contributed by atoms with Crippen LogP contribution in [0.4, 0.5) is 5.95 Å². The molecule has 134 valence electrons. The van der Waals surface area contributed by atoms with Crippen molar-refractivity contribution >= 4 is 17.6 Å². The zero-order valence-electron chi connectivity index (χ0n) is 15.2. The molecule has 1 aromatic carbocycles. The first kappa shape index (κ1) is 17.8. The van der Waals surface area contributed by atoms with Crippen molar-refractivity contribution in [2.24, 2.45) is 5.41 Å². The van der Waals surface area contributed by atoms with Crippen molar-refractivity contribution in [2.45, 2.75) is 33.6 Å². The Bertz CT molecular complexity index is 899. The molecule has 3 rings (SSSR count). The Morgan fingerprint density at radius 1 is 1.19 bits per heavy atom. The van der Waals surface area contributed by atoms with E-state index < -0.39 is 0 Å². The minimum Gasteiger partial charge on any atom is -0.368 e. The summed E-state index contributed by atoms with van der Waals surface area (Å²) in [4.78, 5) is 32.5. The molecule has 1 aliphatic carbocycles. The number of anilines is 1. The number of nitrogens with two attached hydrogens (primary N) is 1. The third-order valence-electron chi connectivity index (χ3n) is 4.41. The maximum atomic E-state index is 12.7. The molecular formula is C20H22N4O2. The van der Waals surface area contributed by atoms with Crippen molar-refractivity contribution in [1.82, 2.24) is 15.3 Å². The number of benzene rings is 1. The molecule has 0 fully saturated rings.